The molecule has 0 spiro atoms. The highest BCUT2D eigenvalue weighted by molar-refractivity contribution is 5.81. The van der Waals surface area contributed by atoms with Gasteiger partial charge in [-0.2, -0.15) is 0 Å². The van der Waals surface area contributed by atoms with Gasteiger partial charge in [0.15, 0.2) is 5.72 Å². The van der Waals surface area contributed by atoms with Crippen molar-refractivity contribution in [2.45, 2.75) is 18.5 Å². The molecule has 0 bridgehead atoms. The highest BCUT2D eigenvalue weighted by atomic mass is 16.6. The average Bonchev–Trinajstić information content (AvgIpc) is 2.25. The lowest BCUT2D eigenvalue weighted by Gasteiger charge is -2.42. The van der Waals surface area contributed by atoms with Gasteiger partial charge in [0.25, 0.3) is 5.85 Å². The molecule has 4 N–H and O–H groups in total. The molecule has 15 heavy (non-hydrogen) atoms. The van der Waals surface area contributed by atoms with Crippen molar-refractivity contribution in [2.75, 3.05) is 21.1 Å². The number of esters is 1. The van der Waals surface area contributed by atoms with E-state index in [1.807, 2.05) is 0 Å². The molecule has 0 saturated heterocycles. The molecule has 0 amide bonds. The van der Waals surface area contributed by atoms with E-state index >= 15 is 0 Å². The van der Waals surface area contributed by atoms with E-state index in [-0.39, 0.29) is 0 Å². The SMILES string of the molecule is C=CC(=O)OC(NC)(NC)C(C)(O)NC. The van der Waals surface area contributed by atoms with Crippen molar-refractivity contribution in [2.24, 2.45) is 0 Å². The van der Waals surface area contributed by atoms with Crippen LogP contribution in [-0.2, 0) is 9.53 Å². The Bertz CT molecular complexity index is 237. The third kappa shape index (κ3) is 2.75. The van der Waals surface area contributed by atoms with E-state index in [9.17, 15) is 9.90 Å². The van der Waals surface area contributed by atoms with E-state index in [1.165, 1.54) is 6.92 Å². The Morgan fingerprint density at radius 3 is 2.07 bits per heavy atom. The van der Waals surface area contributed by atoms with Crippen molar-refractivity contribution in [3.63, 3.8) is 0 Å². The van der Waals surface area contributed by atoms with Gasteiger partial charge >= 0.3 is 5.97 Å². The fourth-order valence-corrected chi connectivity index (χ4v) is 1.18. The molecule has 0 aromatic rings. The fourth-order valence-electron chi connectivity index (χ4n) is 1.18. The van der Waals surface area contributed by atoms with E-state index in [2.05, 4.69) is 22.5 Å². The molecule has 0 radical (unpaired) electrons. The van der Waals surface area contributed by atoms with Gasteiger partial charge in [0.1, 0.15) is 0 Å². The summed E-state index contributed by atoms with van der Waals surface area (Å²) < 4.78 is 5.05. The Morgan fingerprint density at radius 1 is 1.33 bits per heavy atom. The average molecular weight is 217 g/mol. The summed E-state index contributed by atoms with van der Waals surface area (Å²) >= 11 is 0. The Morgan fingerprint density at radius 2 is 1.80 bits per heavy atom. The van der Waals surface area contributed by atoms with Crippen LogP contribution in [0.2, 0.25) is 0 Å². The van der Waals surface area contributed by atoms with Gasteiger partial charge in [-0.15, -0.1) is 0 Å². The van der Waals surface area contributed by atoms with Gasteiger partial charge in [-0.1, -0.05) is 6.58 Å². The van der Waals surface area contributed by atoms with Crippen LogP contribution in [0.5, 0.6) is 0 Å². The molecule has 0 aromatic carbocycles. The zero-order valence-electron chi connectivity index (χ0n) is 9.55. The number of aliphatic hydroxyl groups is 1. The van der Waals surface area contributed by atoms with E-state index in [1.54, 1.807) is 21.1 Å². The van der Waals surface area contributed by atoms with Crippen LogP contribution in [0.3, 0.4) is 0 Å². The molecule has 0 aromatic heterocycles. The maximum Gasteiger partial charge on any atom is 0.333 e. The van der Waals surface area contributed by atoms with Crippen LogP contribution in [0.4, 0.5) is 0 Å². The van der Waals surface area contributed by atoms with Gasteiger partial charge in [0.05, 0.1) is 0 Å². The molecule has 6 nitrogen and oxygen atoms in total. The van der Waals surface area contributed by atoms with Crippen LogP contribution in [0.15, 0.2) is 12.7 Å². The molecule has 0 aliphatic carbocycles. The number of likely N-dealkylation sites (N-methyl/N-ethyl adjacent to an activating group) is 3. The highest BCUT2D eigenvalue weighted by Crippen LogP contribution is 2.17. The van der Waals surface area contributed by atoms with Crippen LogP contribution in [-0.4, -0.2) is 43.8 Å². The number of hydrogen-bond acceptors (Lipinski definition) is 6. The molecule has 0 rings (SSSR count). The first kappa shape index (κ1) is 14.1. The van der Waals surface area contributed by atoms with Gasteiger partial charge in [-0.3, -0.25) is 16.0 Å². The summed E-state index contributed by atoms with van der Waals surface area (Å²) in [6.45, 7) is 4.76. The first-order valence-corrected chi connectivity index (χ1v) is 4.53. The monoisotopic (exact) mass is 217 g/mol. The second-order valence-corrected chi connectivity index (χ2v) is 3.13. The quantitative estimate of drug-likeness (QED) is 0.252. The van der Waals surface area contributed by atoms with Crippen LogP contribution in [0, 0.1) is 0 Å². The Labute approximate surface area is 89.7 Å². The van der Waals surface area contributed by atoms with Crippen LogP contribution in [0.25, 0.3) is 0 Å². The summed E-state index contributed by atoms with van der Waals surface area (Å²) in [6, 6.07) is 0. The second kappa shape index (κ2) is 5.22. The predicted molar refractivity (Wildman–Crippen MR) is 56.8 cm³/mol. The Kier molecular flexibility index (Phi) is 4.89. The van der Waals surface area contributed by atoms with E-state index in [0.29, 0.717) is 0 Å². The zero-order valence-corrected chi connectivity index (χ0v) is 9.55. The summed E-state index contributed by atoms with van der Waals surface area (Å²) in [4.78, 5) is 11.1. The minimum absolute atomic E-state index is 0.644. The molecule has 1 unspecified atom stereocenters. The topological polar surface area (TPSA) is 82.6 Å². The van der Waals surface area contributed by atoms with Gasteiger partial charge in [-0.05, 0) is 28.1 Å². The molecule has 88 valence electrons. The number of hydrogen-bond donors (Lipinski definition) is 4. The van der Waals surface area contributed by atoms with Gasteiger partial charge in [0.2, 0.25) is 0 Å². The molecule has 1 atom stereocenters. The van der Waals surface area contributed by atoms with Gasteiger partial charge in [-0.25, -0.2) is 4.79 Å². The lowest BCUT2D eigenvalue weighted by atomic mass is 10.1. The summed E-state index contributed by atoms with van der Waals surface area (Å²) in [5, 5.41) is 18.1. The molecular weight excluding hydrogens is 198 g/mol. The standard InChI is InChI=1S/C9H19N3O3/c1-6-7(13)15-9(11-4,12-5)8(2,14)10-3/h6,10-12,14H,1H2,2-5H3. The third-order valence-corrected chi connectivity index (χ3v) is 2.30. The van der Waals surface area contributed by atoms with Crippen LogP contribution in [0.1, 0.15) is 6.92 Å². The van der Waals surface area contributed by atoms with E-state index in [0.717, 1.165) is 6.08 Å². The first-order chi connectivity index (χ1) is 6.89. The number of ether oxygens (including phenoxy) is 1. The van der Waals surface area contributed by atoms with Crippen molar-refractivity contribution in [1.82, 2.24) is 16.0 Å². The third-order valence-electron chi connectivity index (χ3n) is 2.30. The summed E-state index contributed by atoms with van der Waals surface area (Å²) in [7, 11) is 4.66. The van der Waals surface area contributed by atoms with Gasteiger partial charge < -0.3 is 9.84 Å². The minimum atomic E-state index is -1.48. The van der Waals surface area contributed by atoms with E-state index < -0.39 is 17.5 Å². The van der Waals surface area contributed by atoms with Crippen molar-refractivity contribution in [3.8, 4) is 0 Å². The normalized spacial score (nSPS) is 15.5. The number of carbonyl (C=O) groups excluding carboxylic acids is 1. The van der Waals surface area contributed by atoms with Gasteiger partial charge in [0, 0.05) is 6.08 Å². The maximum atomic E-state index is 11.1. The molecule has 0 fully saturated rings. The molecule has 0 aliphatic heterocycles. The van der Waals surface area contributed by atoms with E-state index in [4.69, 9.17) is 4.74 Å². The van der Waals surface area contributed by atoms with Crippen molar-refractivity contribution in [1.29, 1.82) is 0 Å². The maximum absolute atomic E-state index is 11.1. The number of rotatable bonds is 6. The van der Waals surface area contributed by atoms with Crippen LogP contribution >= 0.6 is 0 Å². The Hall–Kier alpha value is -0.950. The summed E-state index contributed by atoms with van der Waals surface area (Å²) in [5.41, 5.74) is -1.48. The fraction of sp³-hybridized carbons (Fsp3) is 0.667. The molecule has 0 aliphatic rings. The number of carbonyl (C=O) groups is 1. The molecular formula is C9H19N3O3. The summed E-state index contributed by atoms with van der Waals surface area (Å²) in [6.07, 6.45) is 1.02. The second-order valence-electron chi connectivity index (χ2n) is 3.13. The summed E-state index contributed by atoms with van der Waals surface area (Å²) in [5.74, 6) is -2.07. The molecule has 0 heterocycles. The van der Waals surface area contributed by atoms with Crippen LogP contribution < -0.4 is 16.0 Å². The number of nitrogens with one attached hydrogen (secondary N) is 3. The lowest BCUT2D eigenvalue weighted by molar-refractivity contribution is -0.215. The van der Waals surface area contributed by atoms with Crippen molar-refractivity contribution < 1.29 is 14.6 Å². The van der Waals surface area contributed by atoms with Crippen molar-refractivity contribution >= 4 is 5.97 Å². The smallest absolute Gasteiger partial charge is 0.333 e. The first-order valence-electron chi connectivity index (χ1n) is 4.53. The lowest BCUT2D eigenvalue weighted by Crippen LogP contribution is -2.74. The van der Waals surface area contributed by atoms with Crippen molar-refractivity contribution in [3.05, 3.63) is 12.7 Å². The largest absolute Gasteiger partial charge is 0.422 e. The highest BCUT2D eigenvalue weighted by Gasteiger charge is 2.48. The molecule has 0 saturated carbocycles. The zero-order chi connectivity index (χ0) is 12.1. The molecule has 6 heteroatoms. The predicted octanol–water partition coefficient (Wildman–Crippen LogP) is -1.26. The Balaban J connectivity index is 5.03. The minimum Gasteiger partial charge on any atom is -0.422 e.